The monoisotopic (exact) mass is 262 g/mol. The van der Waals surface area contributed by atoms with Crippen LogP contribution < -0.4 is 11.1 Å². The summed E-state index contributed by atoms with van der Waals surface area (Å²) in [6, 6.07) is 6.15. The van der Waals surface area contributed by atoms with Gasteiger partial charge in [-0.1, -0.05) is 19.9 Å². The first-order valence-corrected chi connectivity index (χ1v) is 6.88. The SMILES string of the molecule is CC(C)c1nc(N)cc(NC(C)c2cccs2)n1. The second kappa shape index (κ2) is 5.35. The average Bonchev–Trinajstić information content (AvgIpc) is 2.81. The van der Waals surface area contributed by atoms with E-state index in [1.807, 2.05) is 6.07 Å². The third kappa shape index (κ3) is 2.98. The molecule has 0 spiro atoms. The fourth-order valence-electron chi connectivity index (χ4n) is 1.65. The largest absolute Gasteiger partial charge is 0.384 e. The van der Waals surface area contributed by atoms with Gasteiger partial charge in [0, 0.05) is 16.9 Å². The van der Waals surface area contributed by atoms with Crippen molar-refractivity contribution in [3.05, 3.63) is 34.3 Å². The summed E-state index contributed by atoms with van der Waals surface area (Å²) in [5.41, 5.74) is 5.80. The normalized spacial score (nSPS) is 12.7. The highest BCUT2D eigenvalue weighted by Gasteiger charge is 2.10. The van der Waals surface area contributed by atoms with Crippen LogP contribution in [0.2, 0.25) is 0 Å². The van der Waals surface area contributed by atoms with E-state index >= 15 is 0 Å². The lowest BCUT2D eigenvalue weighted by molar-refractivity contribution is 0.772. The van der Waals surface area contributed by atoms with Crippen molar-refractivity contribution in [1.29, 1.82) is 0 Å². The molecule has 0 bridgehead atoms. The number of hydrogen-bond acceptors (Lipinski definition) is 5. The number of hydrogen-bond donors (Lipinski definition) is 2. The van der Waals surface area contributed by atoms with E-state index in [0.29, 0.717) is 5.82 Å². The standard InChI is InChI=1S/C13H18N4S/c1-8(2)13-16-11(14)7-12(17-13)15-9(3)10-5-4-6-18-10/h4-9H,1-3H3,(H3,14,15,16,17). The third-order valence-electron chi connectivity index (χ3n) is 2.61. The fourth-order valence-corrected chi connectivity index (χ4v) is 2.38. The Kier molecular flexibility index (Phi) is 3.81. The zero-order chi connectivity index (χ0) is 13.1. The number of thiophene rings is 1. The lowest BCUT2D eigenvalue weighted by Crippen LogP contribution is -2.10. The Morgan fingerprint density at radius 3 is 2.67 bits per heavy atom. The second-order valence-electron chi connectivity index (χ2n) is 4.57. The molecule has 0 fully saturated rings. The van der Waals surface area contributed by atoms with Crippen LogP contribution in [0.5, 0.6) is 0 Å². The Balaban J connectivity index is 2.18. The van der Waals surface area contributed by atoms with Crippen molar-refractivity contribution in [3.8, 4) is 0 Å². The van der Waals surface area contributed by atoms with Crippen LogP contribution in [0.4, 0.5) is 11.6 Å². The maximum absolute atomic E-state index is 5.80. The van der Waals surface area contributed by atoms with Crippen molar-refractivity contribution >= 4 is 23.0 Å². The maximum atomic E-state index is 5.80. The summed E-state index contributed by atoms with van der Waals surface area (Å²) < 4.78 is 0. The molecule has 3 N–H and O–H groups in total. The first kappa shape index (κ1) is 12.8. The van der Waals surface area contributed by atoms with Crippen molar-refractivity contribution in [2.75, 3.05) is 11.1 Å². The number of anilines is 2. The molecule has 0 amide bonds. The summed E-state index contributed by atoms with van der Waals surface area (Å²) in [6.07, 6.45) is 0. The van der Waals surface area contributed by atoms with Gasteiger partial charge in [-0.25, -0.2) is 9.97 Å². The molecule has 2 heterocycles. The molecule has 96 valence electrons. The minimum absolute atomic E-state index is 0.222. The molecule has 0 aliphatic carbocycles. The predicted molar refractivity (Wildman–Crippen MR) is 76.9 cm³/mol. The van der Waals surface area contributed by atoms with Gasteiger partial charge < -0.3 is 11.1 Å². The summed E-state index contributed by atoms with van der Waals surface area (Å²) in [5.74, 6) is 2.34. The van der Waals surface area contributed by atoms with Gasteiger partial charge in [-0.05, 0) is 18.4 Å². The first-order valence-electron chi connectivity index (χ1n) is 6.00. The van der Waals surface area contributed by atoms with Crippen LogP contribution in [0.15, 0.2) is 23.6 Å². The van der Waals surface area contributed by atoms with Crippen LogP contribution in [0.25, 0.3) is 0 Å². The van der Waals surface area contributed by atoms with Crippen LogP contribution in [0.3, 0.4) is 0 Å². The Bertz CT molecular complexity index is 508. The van der Waals surface area contributed by atoms with E-state index < -0.39 is 0 Å². The van der Waals surface area contributed by atoms with Gasteiger partial charge in [0.15, 0.2) is 0 Å². The molecule has 0 aromatic carbocycles. The molecule has 1 atom stereocenters. The van der Waals surface area contributed by atoms with Gasteiger partial charge >= 0.3 is 0 Å². The van der Waals surface area contributed by atoms with Gasteiger partial charge in [-0.15, -0.1) is 11.3 Å². The highest BCUT2D eigenvalue weighted by molar-refractivity contribution is 7.10. The number of nitrogens with zero attached hydrogens (tertiary/aromatic N) is 2. The van der Waals surface area contributed by atoms with Gasteiger partial charge in [0.25, 0.3) is 0 Å². The van der Waals surface area contributed by atoms with Crippen LogP contribution >= 0.6 is 11.3 Å². The fraction of sp³-hybridized carbons (Fsp3) is 0.385. The average molecular weight is 262 g/mol. The van der Waals surface area contributed by atoms with Gasteiger partial charge in [-0.2, -0.15) is 0 Å². The zero-order valence-corrected chi connectivity index (χ0v) is 11.7. The summed E-state index contributed by atoms with van der Waals surface area (Å²) in [4.78, 5) is 9.99. The van der Waals surface area contributed by atoms with Crippen LogP contribution in [-0.4, -0.2) is 9.97 Å². The van der Waals surface area contributed by atoms with Crippen molar-refractivity contribution in [2.24, 2.45) is 0 Å². The summed E-state index contributed by atoms with van der Waals surface area (Å²) in [5, 5.41) is 5.43. The number of nitrogens with two attached hydrogens (primary N) is 1. The topological polar surface area (TPSA) is 63.8 Å². The minimum atomic E-state index is 0.222. The van der Waals surface area contributed by atoms with Crippen molar-refractivity contribution in [3.63, 3.8) is 0 Å². The second-order valence-corrected chi connectivity index (χ2v) is 5.55. The number of aromatic nitrogens is 2. The van der Waals surface area contributed by atoms with E-state index in [1.54, 1.807) is 17.4 Å². The number of nitrogens with one attached hydrogen (secondary N) is 1. The molecular weight excluding hydrogens is 244 g/mol. The summed E-state index contributed by atoms with van der Waals surface area (Å²) in [6.45, 7) is 6.22. The van der Waals surface area contributed by atoms with Gasteiger partial charge in [-0.3, -0.25) is 0 Å². The quantitative estimate of drug-likeness (QED) is 0.886. The van der Waals surface area contributed by atoms with Gasteiger partial charge in [0.1, 0.15) is 17.5 Å². The smallest absolute Gasteiger partial charge is 0.135 e. The molecule has 0 saturated heterocycles. The molecule has 4 nitrogen and oxygen atoms in total. The molecule has 2 aromatic heterocycles. The molecule has 5 heteroatoms. The molecule has 18 heavy (non-hydrogen) atoms. The molecule has 2 aromatic rings. The molecule has 1 unspecified atom stereocenters. The van der Waals surface area contributed by atoms with E-state index in [4.69, 9.17) is 5.73 Å². The molecule has 0 saturated carbocycles. The molecule has 0 aliphatic rings. The van der Waals surface area contributed by atoms with Crippen LogP contribution in [-0.2, 0) is 0 Å². The van der Waals surface area contributed by atoms with E-state index in [2.05, 4.69) is 47.5 Å². The highest BCUT2D eigenvalue weighted by atomic mass is 32.1. The number of rotatable bonds is 4. The van der Waals surface area contributed by atoms with Crippen molar-refractivity contribution in [2.45, 2.75) is 32.7 Å². The Hall–Kier alpha value is -1.62. The molecule has 2 rings (SSSR count). The van der Waals surface area contributed by atoms with E-state index in [-0.39, 0.29) is 12.0 Å². The van der Waals surface area contributed by atoms with E-state index in [9.17, 15) is 0 Å². The Morgan fingerprint density at radius 2 is 2.06 bits per heavy atom. The van der Waals surface area contributed by atoms with Crippen molar-refractivity contribution in [1.82, 2.24) is 9.97 Å². The molecule has 0 radical (unpaired) electrons. The lowest BCUT2D eigenvalue weighted by Gasteiger charge is -2.14. The van der Waals surface area contributed by atoms with Crippen LogP contribution in [0.1, 0.15) is 43.4 Å². The Labute approximate surface area is 111 Å². The zero-order valence-electron chi connectivity index (χ0n) is 10.8. The van der Waals surface area contributed by atoms with Crippen LogP contribution in [0, 0.1) is 0 Å². The third-order valence-corrected chi connectivity index (χ3v) is 3.67. The lowest BCUT2D eigenvalue weighted by atomic mass is 10.2. The van der Waals surface area contributed by atoms with Gasteiger partial charge in [0.05, 0.1) is 6.04 Å². The minimum Gasteiger partial charge on any atom is -0.384 e. The summed E-state index contributed by atoms with van der Waals surface area (Å²) >= 11 is 1.73. The van der Waals surface area contributed by atoms with E-state index in [1.165, 1.54) is 4.88 Å². The van der Waals surface area contributed by atoms with Gasteiger partial charge in [0.2, 0.25) is 0 Å². The first-order chi connectivity index (χ1) is 8.56. The molecular formula is C13H18N4S. The number of nitrogen functional groups attached to an aromatic ring is 1. The summed E-state index contributed by atoms with van der Waals surface area (Å²) in [7, 11) is 0. The predicted octanol–water partition coefficient (Wildman–Crippen LogP) is 3.42. The van der Waals surface area contributed by atoms with Crippen molar-refractivity contribution < 1.29 is 0 Å². The maximum Gasteiger partial charge on any atom is 0.135 e. The van der Waals surface area contributed by atoms with E-state index in [0.717, 1.165) is 11.6 Å². The highest BCUT2D eigenvalue weighted by Crippen LogP contribution is 2.23. The Morgan fingerprint density at radius 1 is 1.28 bits per heavy atom. The molecule has 0 aliphatic heterocycles.